The van der Waals surface area contributed by atoms with Crippen LogP contribution in [0.25, 0.3) is 10.9 Å². The monoisotopic (exact) mass is 311 g/mol. The summed E-state index contributed by atoms with van der Waals surface area (Å²) in [6.07, 6.45) is 3.53. The number of amides is 1. The molecule has 0 aliphatic carbocycles. The number of hydrogen-bond acceptors (Lipinski definition) is 3. The highest BCUT2D eigenvalue weighted by molar-refractivity contribution is 9.10. The molecule has 2 rings (SSSR count). The van der Waals surface area contributed by atoms with Gasteiger partial charge in [0.1, 0.15) is 12.4 Å². The highest BCUT2D eigenvalue weighted by Crippen LogP contribution is 2.28. The van der Waals surface area contributed by atoms with Crippen molar-refractivity contribution in [2.24, 2.45) is 0 Å². The van der Waals surface area contributed by atoms with Crippen LogP contribution in [-0.4, -0.2) is 28.6 Å². The zero-order valence-corrected chi connectivity index (χ0v) is 11.7. The van der Waals surface area contributed by atoms with E-state index in [1.165, 1.54) is 0 Å². The van der Waals surface area contributed by atoms with Gasteiger partial charge in [0, 0.05) is 11.6 Å². The SMILES string of the molecule is CC(C)OCC(=O)Nc1ncc2[nH]ccc2c1Br. The number of H-pyrrole nitrogens is 1. The molecule has 1 amide bonds. The highest BCUT2D eigenvalue weighted by Gasteiger charge is 2.11. The van der Waals surface area contributed by atoms with E-state index in [1.54, 1.807) is 6.20 Å². The van der Waals surface area contributed by atoms with Crippen molar-refractivity contribution in [3.05, 3.63) is 22.9 Å². The molecule has 2 N–H and O–H groups in total. The van der Waals surface area contributed by atoms with E-state index in [0.29, 0.717) is 5.82 Å². The molecular formula is C12H14BrN3O2. The van der Waals surface area contributed by atoms with Gasteiger partial charge in [-0.05, 0) is 35.8 Å². The van der Waals surface area contributed by atoms with Crippen LogP contribution in [0.4, 0.5) is 5.82 Å². The molecule has 18 heavy (non-hydrogen) atoms. The van der Waals surface area contributed by atoms with Crippen molar-refractivity contribution in [3.8, 4) is 0 Å². The zero-order valence-electron chi connectivity index (χ0n) is 10.2. The lowest BCUT2D eigenvalue weighted by molar-refractivity contribution is -0.121. The Bertz CT molecular complexity index is 565. The van der Waals surface area contributed by atoms with Gasteiger partial charge in [-0.25, -0.2) is 4.98 Å². The lowest BCUT2D eigenvalue weighted by Gasteiger charge is -2.09. The Morgan fingerprint density at radius 1 is 1.61 bits per heavy atom. The number of anilines is 1. The first kappa shape index (κ1) is 13.0. The zero-order chi connectivity index (χ0) is 13.1. The summed E-state index contributed by atoms with van der Waals surface area (Å²) in [6, 6.07) is 1.92. The molecule has 0 aliphatic rings. The van der Waals surface area contributed by atoms with Crippen LogP contribution in [-0.2, 0) is 9.53 Å². The highest BCUT2D eigenvalue weighted by atomic mass is 79.9. The molecule has 2 heterocycles. The van der Waals surface area contributed by atoms with E-state index in [2.05, 4.69) is 31.2 Å². The van der Waals surface area contributed by atoms with Crippen LogP contribution in [0.3, 0.4) is 0 Å². The average Bonchev–Trinajstić information content (AvgIpc) is 2.79. The van der Waals surface area contributed by atoms with Gasteiger partial charge in [0.15, 0.2) is 0 Å². The number of carbonyl (C=O) groups excluding carboxylic acids is 1. The average molecular weight is 312 g/mol. The molecule has 0 saturated heterocycles. The van der Waals surface area contributed by atoms with Crippen LogP contribution >= 0.6 is 15.9 Å². The molecule has 2 aromatic rings. The molecule has 0 spiro atoms. The van der Waals surface area contributed by atoms with Gasteiger partial charge >= 0.3 is 0 Å². The minimum Gasteiger partial charge on any atom is -0.369 e. The second-order valence-electron chi connectivity index (χ2n) is 4.13. The van der Waals surface area contributed by atoms with Gasteiger partial charge in [0.2, 0.25) is 0 Å². The first-order valence-corrected chi connectivity index (χ1v) is 6.40. The van der Waals surface area contributed by atoms with Crippen LogP contribution in [0.5, 0.6) is 0 Å². The summed E-state index contributed by atoms with van der Waals surface area (Å²) in [5.41, 5.74) is 0.915. The maximum Gasteiger partial charge on any atom is 0.251 e. The maximum atomic E-state index is 11.6. The third kappa shape index (κ3) is 2.88. The van der Waals surface area contributed by atoms with Crippen molar-refractivity contribution < 1.29 is 9.53 Å². The molecule has 0 radical (unpaired) electrons. The minimum atomic E-state index is -0.216. The first-order valence-electron chi connectivity index (χ1n) is 5.61. The molecule has 0 bridgehead atoms. The molecule has 0 unspecified atom stereocenters. The van der Waals surface area contributed by atoms with E-state index < -0.39 is 0 Å². The second kappa shape index (κ2) is 5.49. The Balaban J connectivity index is 2.11. The van der Waals surface area contributed by atoms with Gasteiger partial charge in [-0.1, -0.05) is 0 Å². The van der Waals surface area contributed by atoms with Gasteiger partial charge in [0.05, 0.1) is 22.3 Å². The molecule has 5 nitrogen and oxygen atoms in total. The van der Waals surface area contributed by atoms with Gasteiger partial charge < -0.3 is 15.0 Å². The Morgan fingerprint density at radius 2 is 2.39 bits per heavy atom. The third-order valence-corrected chi connectivity index (χ3v) is 3.15. The van der Waals surface area contributed by atoms with Crippen LogP contribution in [0.1, 0.15) is 13.8 Å². The van der Waals surface area contributed by atoms with Crippen molar-refractivity contribution in [2.45, 2.75) is 20.0 Å². The summed E-state index contributed by atoms with van der Waals surface area (Å²) in [4.78, 5) is 18.9. The molecule has 6 heteroatoms. The molecule has 2 aromatic heterocycles. The fraction of sp³-hybridized carbons (Fsp3) is 0.333. The van der Waals surface area contributed by atoms with Crippen molar-refractivity contribution >= 4 is 38.6 Å². The van der Waals surface area contributed by atoms with E-state index in [0.717, 1.165) is 15.4 Å². The first-order chi connectivity index (χ1) is 8.58. The molecule has 0 saturated carbocycles. The molecule has 96 valence electrons. The third-order valence-electron chi connectivity index (χ3n) is 2.35. The van der Waals surface area contributed by atoms with E-state index >= 15 is 0 Å². The summed E-state index contributed by atoms with van der Waals surface area (Å²) in [7, 11) is 0. The number of aromatic nitrogens is 2. The Labute approximate surface area is 113 Å². The number of carbonyl (C=O) groups is 1. The fourth-order valence-corrected chi connectivity index (χ4v) is 2.04. The number of rotatable bonds is 4. The minimum absolute atomic E-state index is 0.0248. The van der Waals surface area contributed by atoms with Crippen molar-refractivity contribution in [1.29, 1.82) is 0 Å². The van der Waals surface area contributed by atoms with Crippen molar-refractivity contribution in [2.75, 3.05) is 11.9 Å². The topological polar surface area (TPSA) is 67.0 Å². The standard InChI is InChI=1S/C12H14BrN3O2/c1-7(2)18-6-10(17)16-12-11(13)8-3-4-14-9(8)5-15-12/h3-5,7,14H,6H2,1-2H3,(H,15,16,17). The smallest absolute Gasteiger partial charge is 0.251 e. The number of hydrogen-bond donors (Lipinski definition) is 2. The molecule has 0 aliphatic heterocycles. The molecule has 0 atom stereocenters. The number of ether oxygens (including phenoxy) is 1. The van der Waals surface area contributed by atoms with Gasteiger partial charge in [-0.2, -0.15) is 0 Å². The van der Waals surface area contributed by atoms with E-state index in [4.69, 9.17) is 4.74 Å². The van der Waals surface area contributed by atoms with Crippen LogP contribution in [0.2, 0.25) is 0 Å². The van der Waals surface area contributed by atoms with Gasteiger partial charge in [-0.3, -0.25) is 4.79 Å². The number of halogens is 1. The lowest BCUT2D eigenvalue weighted by Crippen LogP contribution is -2.21. The van der Waals surface area contributed by atoms with Crippen molar-refractivity contribution in [3.63, 3.8) is 0 Å². The number of nitrogens with one attached hydrogen (secondary N) is 2. The number of nitrogens with zero attached hydrogens (tertiary/aromatic N) is 1. The molecular weight excluding hydrogens is 298 g/mol. The van der Waals surface area contributed by atoms with Gasteiger partial charge in [-0.15, -0.1) is 0 Å². The number of fused-ring (bicyclic) bond motifs is 1. The fourth-order valence-electron chi connectivity index (χ4n) is 1.49. The van der Waals surface area contributed by atoms with E-state index in [-0.39, 0.29) is 18.6 Å². The van der Waals surface area contributed by atoms with Crippen LogP contribution in [0, 0.1) is 0 Å². The molecule has 0 aromatic carbocycles. The number of aromatic amines is 1. The summed E-state index contributed by atoms with van der Waals surface area (Å²) in [5, 5.41) is 3.69. The predicted molar refractivity (Wildman–Crippen MR) is 73.5 cm³/mol. The lowest BCUT2D eigenvalue weighted by atomic mass is 10.3. The summed E-state index contributed by atoms with van der Waals surface area (Å²) < 4.78 is 5.99. The quantitative estimate of drug-likeness (QED) is 0.912. The Kier molecular flexibility index (Phi) is 3.98. The summed E-state index contributed by atoms with van der Waals surface area (Å²) in [5.74, 6) is 0.284. The van der Waals surface area contributed by atoms with Crippen molar-refractivity contribution in [1.82, 2.24) is 9.97 Å². The summed E-state index contributed by atoms with van der Waals surface area (Å²) in [6.45, 7) is 3.79. The normalized spacial score (nSPS) is 11.1. The Morgan fingerprint density at radius 3 is 3.11 bits per heavy atom. The summed E-state index contributed by atoms with van der Waals surface area (Å²) >= 11 is 3.43. The number of pyridine rings is 1. The predicted octanol–water partition coefficient (Wildman–Crippen LogP) is 2.69. The maximum absolute atomic E-state index is 11.6. The van der Waals surface area contributed by atoms with E-state index in [1.807, 2.05) is 26.1 Å². The second-order valence-corrected chi connectivity index (χ2v) is 4.93. The van der Waals surface area contributed by atoms with Crippen LogP contribution < -0.4 is 5.32 Å². The largest absolute Gasteiger partial charge is 0.369 e. The Hall–Kier alpha value is -1.40. The van der Waals surface area contributed by atoms with Gasteiger partial charge in [0.25, 0.3) is 5.91 Å². The van der Waals surface area contributed by atoms with E-state index in [9.17, 15) is 4.79 Å². The van der Waals surface area contributed by atoms with Crippen LogP contribution in [0.15, 0.2) is 22.9 Å². The molecule has 0 fully saturated rings.